The number of carbonyl (C=O) groups excluding carboxylic acids is 1. The van der Waals surface area contributed by atoms with E-state index in [0.29, 0.717) is 6.54 Å². The van der Waals surface area contributed by atoms with Gasteiger partial charge in [0, 0.05) is 31.8 Å². The third-order valence-electron chi connectivity index (χ3n) is 2.20. The second-order valence-corrected chi connectivity index (χ2v) is 4.57. The summed E-state index contributed by atoms with van der Waals surface area (Å²) in [7, 11) is 0. The zero-order valence-corrected chi connectivity index (χ0v) is 10.1. The predicted octanol–water partition coefficient (Wildman–Crippen LogP) is 0.125. The maximum atomic E-state index is 11.4. The first-order valence-electron chi connectivity index (χ1n) is 5.53. The molecule has 1 aromatic heterocycles. The smallest absolute Gasteiger partial charge is 0.250 e. The van der Waals surface area contributed by atoms with Crippen LogP contribution < -0.4 is 10.9 Å². The van der Waals surface area contributed by atoms with E-state index in [1.807, 2.05) is 0 Å². The number of carbonyl (C=O) groups is 1. The summed E-state index contributed by atoms with van der Waals surface area (Å²) in [4.78, 5) is 22.8. The molecule has 1 heterocycles. The number of hydrogen-bond acceptors (Lipinski definition) is 3. The topological polar surface area (TPSA) is 71.3 Å². The molecule has 2 N–H and O–H groups in total. The van der Waals surface area contributed by atoms with Crippen molar-refractivity contribution in [1.82, 2.24) is 9.88 Å². The Kier molecular flexibility index (Phi) is 4.45. The second-order valence-electron chi connectivity index (χ2n) is 4.57. The summed E-state index contributed by atoms with van der Waals surface area (Å²) < 4.78 is 1.48. The average molecular weight is 238 g/mol. The first-order chi connectivity index (χ1) is 7.88. The van der Waals surface area contributed by atoms with Crippen molar-refractivity contribution in [3.05, 3.63) is 34.7 Å². The molecule has 0 aliphatic rings. The molecule has 0 fully saturated rings. The van der Waals surface area contributed by atoms with E-state index in [0.717, 1.165) is 0 Å². The molecule has 94 valence electrons. The van der Waals surface area contributed by atoms with Crippen LogP contribution in [0, 0.1) is 0 Å². The summed E-state index contributed by atoms with van der Waals surface area (Å²) in [5, 5.41) is 12.0. The fraction of sp³-hybridized carbons (Fsp3) is 0.500. The van der Waals surface area contributed by atoms with E-state index in [-0.39, 0.29) is 24.4 Å². The van der Waals surface area contributed by atoms with Crippen LogP contribution in [-0.4, -0.2) is 27.7 Å². The highest BCUT2D eigenvalue weighted by Gasteiger charge is 2.13. The molecular weight excluding hydrogens is 220 g/mol. The maximum absolute atomic E-state index is 11.4. The van der Waals surface area contributed by atoms with Crippen molar-refractivity contribution in [2.24, 2.45) is 0 Å². The molecule has 5 heteroatoms. The Morgan fingerprint density at radius 1 is 1.47 bits per heavy atom. The van der Waals surface area contributed by atoms with Crippen molar-refractivity contribution in [2.75, 3.05) is 6.54 Å². The molecular formula is C12H18N2O3. The first-order valence-corrected chi connectivity index (χ1v) is 5.53. The van der Waals surface area contributed by atoms with Gasteiger partial charge in [0.2, 0.25) is 5.91 Å². The maximum Gasteiger partial charge on any atom is 0.250 e. The zero-order chi connectivity index (χ0) is 12.9. The Morgan fingerprint density at radius 2 is 2.18 bits per heavy atom. The van der Waals surface area contributed by atoms with Gasteiger partial charge >= 0.3 is 0 Å². The number of hydrogen-bond donors (Lipinski definition) is 2. The second kappa shape index (κ2) is 5.63. The van der Waals surface area contributed by atoms with Gasteiger partial charge in [-0.2, -0.15) is 0 Å². The third kappa shape index (κ3) is 5.31. The van der Waals surface area contributed by atoms with Crippen molar-refractivity contribution in [2.45, 2.75) is 32.4 Å². The van der Waals surface area contributed by atoms with E-state index in [2.05, 4.69) is 5.32 Å². The van der Waals surface area contributed by atoms with E-state index in [9.17, 15) is 14.7 Å². The molecule has 1 rings (SSSR count). The molecule has 0 aliphatic heterocycles. The third-order valence-corrected chi connectivity index (χ3v) is 2.20. The van der Waals surface area contributed by atoms with Crippen molar-refractivity contribution in [3.63, 3.8) is 0 Å². The summed E-state index contributed by atoms with van der Waals surface area (Å²) in [5.74, 6) is -0.178. The van der Waals surface area contributed by atoms with Gasteiger partial charge in [0.15, 0.2) is 0 Å². The Balaban J connectivity index is 2.39. The summed E-state index contributed by atoms with van der Waals surface area (Å²) in [6.45, 7) is 3.79. The fourth-order valence-corrected chi connectivity index (χ4v) is 1.27. The van der Waals surface area contributed by atoms with Crippen LogP contribution >= 0.6 is 0 Å². The normalized spacial score (nSPS) is 11.2. The predicted molar refractivity (Wildman–Crippen MR) is 64.6 cm³/mol. The number of amides is 1. The van der Waals surface area contributed by atoms with E-state index >= 15 is 0 Å². The highest BCUT2D eigenvalue weighted by Crippen LogP contribution is 1.97. The monoisotopic (exact) mass is 238 g/mol. The number of aryl methyl sites for hydroxylation is 1. The molecule has 0 saturated carbocycles. The lowest BCUT2D eigenvalue weighted by atomic mass is 10.1. The summed E-state index contributed by atoms with van der Waals surface area (Å²) >= 11 is 0. The van der Waals surface area contributed by atoms with Crippen molar-refractivity contribution >= 4 is 5.91 Å². The average Bonchev–Trinajstić information content (AvgIpc) is 2.24. The van der Waals surface area contributed by atoms with Crippen LogP contribution in [-0.2, 0) is 11.3 Å². The zero-order valence-electron chi connectivity index (χ0n) is 10.1. The number of aliphatic hydroxyl groups is 1. The molecule has 1 aromatic rings. The molecule has 0 radical (unpaired) electrons. The van der Waals surface area contributed by atoms with Crippen LogP contribution in [0.25, 0.3) is 0 Å². The van der Waals surface area contributed by atoms with Gasteiger partial charge in [0.1, 0.15) is 0 Å². The van der Waals surface area contributed by atoms with Crippen LogP contribution in [0.1, 0.15) is 20.3 Å². The number of nitrogens with one attached hydrogen (secondary N) is 1. The SMILES string of the molecule is CC(C)(O)CNC(=O)CCn1ccccc1=O. The number of rotatable bonds is 5. The van der Waals surface area contributed by atoms with E-state index in [1.54, 1.807) is 32.2 Å². The Morgan fingerprint density at radius 3 is 2.76 bits per heavy atom. The van der Waals surface area contributed by atoms with Crippen molar-refractivity contribution in [1.29, 1.82) is 0 Å². The minimum absolute atomic E-state index is 0.122. The highest BCUT2D eigenvalue weighted by atomic mass is 16.3. The lowest BCUT2D eigenvalue weighted by Crippen LogP contribution is -2.38. The number of nitrogens with zero attached hydrogens (tertiary/aromatic N) is 1. The lowest BCUT2D eigenvalue weighted by Gasteiger charge is -2.17. The summed E-state index contributed by atoms with van der Waals surface area (Å²) in [5.41, 5.74) is -1.04. The van der Waals surface area contributed by atoms with E-state index < -0.39 is 5.60 Å². The first kappa shape index (κ1) is 13.4. The van der Waals surface area contributed by atoms with E-state index in [4.69, 9.17) is 0 Å². The summed E-state index contributed by atoms with van der Waals surface area (Å²) in [6.07, 6.45) is 1.87. The van der Waals surface area contributed by atoms with E-state index in [1.165, 1.54) is 10.6 Å². The molecule has 0 bridgehead atoms. The van der Waals surface area contributed by atoms with Gasteiger partial charge in [-0.3, -0.25) is 9.59 Å². The molecule has 0 atom stereocenters. The van der Waals surface area contributed by atoms with Crippen LogP contribution in [0.15, 0.2) is 29.2 Å². The minimum atomic E-state index is -0.917. The molecule has 5 nitrogen and oxygen atoms in total. The highest BCUT2D eigenvalue weighted by molar-refractivity contribution is 5.75. The Labute approximate surface area is 100 Å². The van der Waals surface area contributed by atoms with Gasteiger partial charge in [0.05, 0.1) is 5.60 Å². The van der Waals surface area contributed by atoms with Crippen molar-refractivity contribution < 1.29 is 9.90 Å². The standard InChI is InChI=1S/C12H18N2O3/c1-12(2,17)9-13-10(15)6-8-14-7-4-3-5-11(14)16/h3-5,7,17H,6,8-9H2,1-2H3,(H,13,15). The van der Waals surface area contributed by atoms with Crippen LogP contribution in [0.2, 0.25) is 0 Å². The van der Waals surface area contributed by atoms with Gasteiger partial charge in [-0.1, -0.05) is 6.07 Å². The van der Waals surface area contributed by atoms with Crippen molar-refractivity contribution in [3.8, 4) is 0 Å². The molecule has 1 amide bonds. The molecule has 0 aromatic carbocycles. The fourth-order valence-electron chi connectivity index (χ4n) is 1.27. The molecule has 0 aliphatic carbocycles. The molecule has 0 unspecified atom stereocenters. The van der Waals surface area contributed by atoms with Gasteiger partial charge in [0.25, 0.3) is 5.56 Å². The van der Waals surface area contributed by atoms with Crippen LogP contribution in [0.3, 0.4) is 0 Å². The Bertz CT molecular complexity index is 432. The van der Waals surface area contributed by atoms with Gasteiger partial charge < -0.3 is 15.0 Å². The Hall–Kier alpha value is -1.62. The number of pyridine rings is 1. The lowest BCUT2D eigenvalue weighted by molar-refractivity contribution is -0.122. The quantitative estimate of drug-likeness (QED) is 0.765. The molecule has 17 heavy (non-hydrogen) atoms. The minimum Gasteiger partial charge on any atom is -0.389 e. The largest absolute Gasteiger partial charge is 0.389 e. The summed E-state index contributed by atoms with van der Waals surface area (Å²) in [6, 6.07) is 4.86. The van der Waals surface area contributed by atoms with Gasteiger partial charge in [-0.05, 0) is 19.9 Å². The number of aromatic nitrogens is 1. The van der Waals surface area contributed by atoms with Gasteiger partial charge in [-0.15, -0.1) is 0 Å². The van der Waals surface area contributed by atoms with Crippen LogP contribution in [0.5, 0.6) is 0 Å². The molecule has 0 saturated heterocycles. The van der Waals surface area contributed by atoms with Crippen LogP contribution in [0.4, 0.5) is 0 Å². The molecule has 0 spiro atoms. The van der Waals surface area contributed by atoms with Gasteiger partial charge in [-0.25, -0.2) is 0 Å².